The average Bonchev–Trinajstić information content (AvgIpc) is 2.62. The minimum atomic E-state index is -0.737. The third-order valence-electron chi connectivity index (χ3n) is 3.38. The Morgan fingerprint density at radius 1 is 1.08 bits per heavy atom. The summed E-state index contributed by atoms with van der Waals surface area (Å²) in [6.07, 6.45) is -0.737. The van der Waals surface area contributed by atoms with E-state index in [1.807, 2.05) is 0 Å². The molecule has 0 aromatic heterocycles. The molecule has 25 heavy (non-hydrogen) atoms. The number of hydrogen-bond acceptors (Lipinski definition) is 5. The molecule has 1 amide bonds. The van der Waals surface area contributed by atoms with E-state index >= 15 is 0 Å². The van der Waals surface area contributed by atoms with Crippen molar-refractivity contribution in [3.8, 4) is 11.5 Å². The second-order valence-corrected chi connectivity index (χ2v) is 5.23. The lowest BCUT2D eigenvalue weighted by Crippen LogP contribution is -2.30. The van der Waals surface area contributed by atoms with Crippen molar-refractivity contribution in [1.82, 2.24) is 0 Å². The second kappa shape index (κ2) is 8.73. The van der Waals surface area contributed by atoms with Gasteiger partial charge in [-0.1, -0.05) is 6.07 Å². The van der Waals surface area contributed by atoms with Gasteiger partial charge in [0, 0.05) is 5.69 Å². The van der Waals surface area contributed by atoms with Crippen LogP contribution in [-0.4, -0.2) is 31.7 Å². The zero-order valence-electron chi connectivity index (χ0n) is 14.4. The molecule has 0 aliphatic heterocycles. The smallest absolute Gasteiger partial charge is 0.338 e. The molecule has 0 radical (unpaired) electrons. The first kappa shape index (κ1) is 18.3. The summed E-state index contributed by atoms with van der Waals surface area (Å²) in [7, 11) is 1.58. The van der Waals surface area contributed by atoms with E-state index in [9.17, 15) is 9.59 Å². The Bertz CT molecular complexity index is 727. The van der Waals surface area contributed by atoms with Crippen LogP contribution in [0.1, 0.15) is 24.2 Å². The highest BCUT2D eigenvalue weighted by atomic mass is 16.5. The Balaban J connectivity index is 1.98. The third kappa shape index (κ3) is 5.24. The summed E-state index contributed by atoms with van der Waals surface area (Å²) in [5, 5.41) is 2.76. The molecule has 0 aliphatic rings. The van der Waals surface area contributed by atoms with E-state index in [0.29, 0.717) is 29.4 Å². The highest BCUT2D eigenvalue weighted by Gasteiger charge is 2.16. The van der Waals surface area contributed by atoms with Crippen LogP contribution in [0.2, 0.25) is 0 Å². The van der Waals surface area contributed by atoms with Gasteiger partial charge in [-0.25, -0.2) is 4.79 Å². The molecule has 132 valence electrons. The van der Waals surface area contributed by atoms with Gasteiger partial charge in [-0.3, -0.25) is 4.79 Å². The van der Waals surface area contributed by atoms with Crippen molar-refractivity contribution in [2.45, 2.75) is 20.0 Å². The monoisotopic (exact) mass is 343 g/mol. The minimum absolute atomic E-state index is 0.296. The number of rotatable bonds is 7. The molecule has 6 heteroatoms. The Morgan fingerprint density at radius 3 is 2.44 bits per heavy atom. The molecule has 0 bridgehead atoms. The van der Waals surface area contributed by atoms with Crippen molar-refractivity contribution in [3.05, 3.63) is 54.1 Å². The van der Waals surface area contributed by atoms with Crippen molar-refractivity contribution >= 4 is 17.6 Å². The summed E-state index contributed by atoms with van der Waals surface area (Å²) < 4.78 is 15.6. The number of ether oxygens (including phenoxy) is 3. The van der Waals surface area contributed by atoms with Gasteiger partial charge in [0.2, 0.25) is 0 Å². The molecule has 2 rings (SSSR count). The van der Waals surface area contributed by atoms with Crippen molar-refractivity contribution in [1.29, 1.82) is 0 Å². The lowest BCUT2D eigenvalue weighted by Gasteiger charge is -2.15. The quantitative estimate of drug-likeness (QED) is 0.781. The first-order valence-electron chi connectivity index (χ1n) is 7.92. The highest BCUT2D eigenvalue weighted by molar-refractivity contribution is 5.94. The summed E-state index contributed by atoms with van der Waals surface area (Å²) in [6, 6.07) is 13.5. The normalized spacial score (nSPS) is 11.3. The number of nitrogens with one attached hydrogen (secondary N) is 1. The Kier molecular flexibility index (Phi) is 6.39. The van der Waals surface area contributed by atoms with Crippen LogP contribution in [0, 0.1) is 0 Å². The van der Waals surface area contributed by atoms with Gasteiger partial charge in [-0.2, -0.15) is 0 Å². The molecule has 2 aromatic carbocycles. The maximum atomic E-state index is 12.2. The molecule has 2 aromatic rings. The molecule has 0 saturated heterocycles. The van der Waals surface area contributed by atoms with E-state index in [-0.39, 0.29) is 5.91 Å². The average molecular weight is 343 g/mol. The van der Waals surface area contributed by atoms with Gasteiger partial charge in [0.15, 0.2) is 6.10 Å². The van der Waals surface area contributed by atoms with Crippen LogP contribution in [0.5, 0.6) is 11.5 Å². The number of carbonyl (C=O) groups excluding carboxylic acids is 2. The van der Waals surface area contributed by atoms with Crippen LogP contribution in [0.3, 0.4) is 0 Å². The van der Waals surface area contributed by atoms with Crippen molar-refractivity contribution in [2.24, 2.45) is 0 Å². The molecular formula is C19H21NO5. The van der Waals surface area contributed by atoms with Gasteiger partial charge < -0.3 is 19.5 Å². The number of anilines is 1. The van der Waals surface area contributed by atoms with Gasteiger partial charge in [0.05, 0.1) is 19.3 Å². The molecule has 1 N–H and O–H groups in total. The highest BCUT2D eigenvalue weighted by Crippen LogP contribution is 2.18. The second-order valence-electron chi connectivity index (χ2n) is 5.23. The van der Waals surface area contributed by atoms with E-state index in [1.54, 1.807) is 69.5 Å². The summed E-state index contributed by atoms with van der Waals surface area (Å²) in [5.41, 5.74) is 1.02. The fourth-order valence-corrected chi connectivity index (χ4v) is 2.09. The van der Waals surface area contributed by atoms with Crippen LogP contribution in [0.25, 0.3) is 0 Å². The minimum Gasteiger partial charge on any atom is -0.497 e. The van der Waals surface area contributed by atoms with Crippen molar-refractivity contribution < 1.29 is 23.8 Å². The summed E-state index contributed by atoms with van der Waals surface area (Å²) in [5.74, 6) is 0.399. The largest absolute Gasteiger partial charge is 0.497 e. The van der Waals surface area contributed by atoms with E-state index in [1.165, 1.54) is 0 Å². The number of esters is 1. The first-order valence-corrected chi connectivity index (χ1v) is 7.92. The van der Waals surface area contributed by atoms with Gasteiger partial charge in [-0.05, 0) is 56.3 Å². The number of benzene rings is 2. The third-order valence-corrected chi connectivity index (χ3v) is 3.38. The number of amides is 1. The Hall–Kier alpha value is -3.02. The molecule has 0 fully saturated rings. The predicted molar refractivity (Wildman–Crippen MR) is 94.1 cm³/mol. The standard InChI is InChI=1S/C19H21NO5/c1-4-24-19(22)14-6-5-7-17(12-14)25-13(2)18(21)20-15-8-10-16(23-3)11-9-15/h5-13H,4H2,1-3H3,(H,20,21). The molecular weight excluding hydrogens is 322 g/mol. The van der Waals surface area contributed by atoms with E-state index in [2.05, 4.69) is 5.32 Å². The van der Waals surface area contributed by atoms with Crippen LogP contribution < -0.4 is 14.8 Å². The van der Waals surface area contributed by atoms with E-state index in [4.69, 9.17) is 14.2 Å². The number of hydrogen-bond donors (Lipinski definition) is 1. The van der Waals surface area contributed by atoms with Gasteiger partial charge >= 0.3 is 5.97 Å². The van der Waals surface area contributed by atoms with Gasteiger partial charge in [0.25, 0.3) is 5.91 Å². The summed E-state index contributed by atoms with van der Waals surface area (Å²) in [4.78, 5) is 24.0. The van der Waals surface area contributed by atoms with Gasteiger partial charge in [0.1, 0.15) is 11.5 Å². The lowest BCUT2D eigenvalue weighted by molar-refractivity contribution is -0.122. The molecule has 1 atom stereocenters. The molecule has 0 aliphatic carbocycles. The summed E-state index contributed by atoms with van der Waals surface area (Å²) in [6.45, 7) is 3.67. The maximum absolute atomic E-state index is 12.2. The molecule has 1 unspecified atom stereocenters. The Morgan fingerprint density at radius 2 is 1.80 bits per heavy atom. The zero-order valence-corrected chi connectivity index (χ0v) is 14.4. The number of methoxy groups -OCH3 is 1. The Labute approximate surface area is 146 Å². The fraction of sp³-hybridized carbons (Fsp3) is 0.263. The van der Waals surface area contributed by atoms with E-state index in [0.717, 1.165) is 0 Å². The first-order chi connectivity index (χ1) is 12.0. The predicted octanol–water partition coefficient (Wildman–Crippen LogP) is 3.28. The molecule has 0 saturated carbocycles. The molecule has 0 spiro atoms. The maximum Gasteiger partial charge on any atom is 0.338 e. The van der Waals surface area contributed by atoms with Crippen LogP contribution >= 0.6 is 0 Å². The van der Waals surface area contributed by atoms with Crippen LogP contribution in [-0.2, 0) is 9.53 Å². The van der Waals surface area contributed by atoms with Crippen molar-refractivity contribution in [2.75, 3.05) is 19.0 Å². The summed E-state index contributed by atoms with van der Waals surface area (Å²) >= 11 is 0. The van der Waals surface area contributed by atoms with Crippen LogP contribution in [0.4, 0.5) is 5.69 Å². The fourth-order valence-electron chi connectivity index (χ4n) is 2.09. The molecule has 6 nitrogen and oxygen atoms in total. The molecule has 0 heterocycles. The van der Waals surface area contributed by atoms with Crippen LogP contribution in [0.15, 0.2) is 48.5 Å². The lowest BCUT2D eigenvalue weighted by atomic mass is 10.2. The SMILES string of the molecule is CCOC(=O)c1cccc(OC(C)C(=O)Nc2ccc(OC)cc2)c1. The van der Waals surface area contributed by atoms with Gasteiger partial charge in [-0.15, -0.1) is 0 Å². The topological polar surface area (TPSA) is 73.9 Å². The zero-order chi connectivity index (χ0) is 18.2. The van der Waals surface area contributed by atoms with E-state index < -0.39 is 12.1 Å². The number of carbonyl (C=O) groups is 2. The van der Waals surface area contributed by atoms with Crippen molar-refractivity contribution in [3.63, 3.8) is 0 Å².